The lowest BCUT2D eigenvalue weighted by Crippen LogP contribution is -2.56. The van der Waals surface area contributed by atoms with Crippen LogP contribution in [0.2, 0.25) is 0 Å². The Hall–Kier alpha value is -1.90. The Bertz CT molecular complexity index is 874. The van der Waals surface area contributed by atoms with Crippen LogP contribution in [-0.2, 0) is 21.4 Å². The summed E-state index contributed by atoms with van der Waals surface area (Å²) in [7, 11) is -3.21. The number of nitrogens with zero attached hydrogens (tertiary/aromatic N) is 1. The van der Waals surface area contributed by atoms with Crippen molar-refractivity contribution in [2.24, 2.45) is 5.92 Å². The van der Waals surface area contributed by atoms with Gasteiger partial charge in [0.25, 0.3) is 0 Å². The number of benzene rings is 1. The fraction of sp³-hybridized carbons (Fsp3) is 0.609. The molecular weight excluding hydrogens is 414 g/mol. The predicted octanol–water partition coefficient (Wildman–Crippen LogP) is 2.79. The topological polar surface area (TPSA) is 87.7 Å². The fourth-order valence-corrected chi connectivity index (χ4v) is 6.60. The number of piperazine rings is 1. The predicted molar refractivity (Wildman–Crippen MR) is 120 cm³/mol. The number of hydrogen-bond donors (Lipinski definition) is 2. The van der Waals surface area contributed by atoms with Crippen LogP contribution in [0, 0.1) is 5.92 Å². The van der Waals surface area contributed by atoms with Gasteiger partial charge in [-0.05, 0) is 37.2 Å². The first-order valence-electron chi connectivity index (χ1n) is 11.4. The molecule has 170 valence electrons. The highest BCUT2D eigenvalue weighted by Gasteiger charge is 2.37. The van der Waals surface area contributed by atoms with Crippen molar-refractivity contribution in [1.29, 1.82) is 0 Å². The lowest BCUT2D eigenvalue weighted by molar-refractivity contribution is 0.129. The number of fused-ring (bicyclic) bond motifs is 2. The van der Waals surface area contributed by atoms with Crippen molar-refractivity contribution in [2.45, 2.75) is 63.3 Å². The van der Waals surface area contributed by atoms with Gasteiger partial charge in [-0.1, -0.05) is 55.3 Å². The number of amides is 1. The molecular formula is C23H33N3O4S. The van der Waals surface area contributed by atoms with Crippen molar-refractivity contribution in [3.05, 3.63) is 48.0 Å². The summed E-state index contributed by atoms with van der Waals surface area (Å²) in [6, 6.07) is 9.74. The molecule has 2 aliphatic heterocycles. The summed E-state index contributed by atoms with van der Waals surface area (Å²) in [4.78, 5) is 12.3. The summed E-state index contributed by atoms with van der Waals surface area (Å²) in [5.74, 6) is 0.418. The molecule has 3 fully saturated rings. The fourth-order valence-electron chi connectivity index (χ4n) is 4.87. The zero-order valence-electron chi connectivity index (χ0n) is 17.9. The number of carbonyl (C=O) groups is 1. The van der Waals surface area contributed by atoms with E-state index >= 15 is 0 Å². The Morgan fingerprint density at radius 3 is 2.77 bits per heavy atom. The van der Waals surface area contributed by atoms with Gasteiger partial charge in [-0.3, -0.25) is 0 Å². The van der Waals surface area contributed by atoms with E-state index in [1.54, 1.807) is 4.31 Å². The summed E-state index contributed by atoms with van der Waals surface area (Å²) < 4.78 is 32.4. The van der Waals surface area contributed by atoms with E-state index < -0.39 is 16.1 Å². The monoisotopic (exact) mass is 447 g/mol. The van der Waals surface area contributed by atoms with Gasteiger partial charge >= 0.3 is 6.09 Å². The van der Waals surface area contributed by atoms with Gasteiger partial charge in [0.15, 0.2) is 0 Å². The maximum absolute atomic E-state index is 12.7. The van der Waals surface area contributed by atoms with E-state index in [0.717, 1.165) is 37.7 Å². The number of ether oxygens (including phenoxy) is 1. The van der Waals surface area contributed by atoms with Crippen LogP contribution in [0.5, 0.6) is 0 Å². The second kappa shape index (κ2) is 10.1. The minimum absolute atomic E-state index is 0.0123. The van der Waals surface area contributed by atoms with Gasteiger partial charge in [0.2, 0.25) is 10.0 Å². The molecule has 5 unspecified atom stereocenters. The molecule has 31 heavy (non-hydrogen) atoms. The maximum Gasteiger partial charge on any atom is 0.407 e. The van der Waals surface area contributed by atoms with Gasteiger partial charge in [-0.2, -0.15) is 4.31 Å². The average Bonchev–Trinajstić information content (AvgIpc) is 2.89. The third-order valence-electron chi connectivity index (χ3n) is 6.61. The Morgan fingerprint density at radius 1 is 1.13 bits per heavy atom. The highest BCUT2D eigenvalue weighted by Crippen LogP contribution is 2.27. The third kappa shape index (κ3) is 5.87. The van der Waals surface area contributed by atoms with Gasteiger partial charge in [0.05, 0.1) is 11.8 Å². The number of alkyl carbamates (subject to hydrolysis) is 1. The van der Waals surface area contributed by atoms with E-state index in [-0.39, 0.29) is 36.4 Å². The Kier molecular flexibility index (Phi) is 7.30. The van der Waals surface area contributed by atoms with Crippen molar-refractivity contribution in [1.82, 2.24) is 14.9 Å². The van der Waals surface area contributed by atoms with Crippen LogP contribution >= 0.6 is 0 Å². The van der Waals surface area contributed by atoms with Crippen LogP contribution in [0.4, 0.5) is 4.79 Å². The van der Waals surface area contributed by atoms with Gasteiger partial charge in [-0.15, -0.1) is 0 Å². The largest absolute Gasteiger partial charge is 0.445 e. The molecule has 1 amide bonds. The Morgan fingerprint density at radius 2 is 1.94 bits per heavy atom. The van der Waals surface area contributed by atoms with E-state index in [1.807, 2.05) is 36.4 Å². The SMILES string of the molecule is O=C(NC1CCCCC1C=CC1CNC2CCCS(=O)(=O)N1C2)OCc1ccccc1. The molecule has 2 saturated heterocycles. The highest BCUT2D eigenvalue weighted by molar-refractivity contribution is 7.89. The summed E-state index contributed by atoms with van der Waals surface area (Å²) in [5.41, 5.74) is 0.958. The van der Waals surface area contributed by atoms with Gasteiger partial charge in [0.1, 0.15) is 6.61 Å². The summed E-state index contributed by atoms with van der Waals surface area (Å²) >= 11 is 0. The zero-order chi connectivity index (χ0) is 21.7. The molecule has 0 spiro atoms. The van der Waals surface area contributed by atoms with Crippen LogP contribution in [0.25, 0.3) is 0 Å². The first kappa shape index (κ1) is 22.3. The molecule has 7 nitrogen and oxygen atoms in total. The average molecular weight is 448 g/mol. The summed E-state index contributed by atoms with van der Waals surface area (Å²) in [6.45, 7) is 1.45. The van der Waals surface area contributed by atoms with E-state index in [1.165, 1.54) is 0 Å². The molecule has 0 aromatic heterocycles. The van der Waals surface area contributed by atoms with Crippen LogP contribution in [0.15, 0.2) is 42.5 Å². The molecule has 2 N–H and O–H groups in total. The van der Waals surface area contributed by atoms with Gasteiger partial charge in [-0.25, -0.2) is 13.2 Å². The summed E-state index contributed by atoms with van der Waals surface area (Å²) in [5, 5.41) is 6.53. The van der Waals surface area contributed by atoms with Crippen LogP contribution in [0.1, 0.15) is 44.1 Å². The molecule has 1 saturated carbocycles. The molecule has 8 heteroatoms. The minimum Gasteiger partial charge on any atom is -0.445 e. The number of sulfonamides is 1. The number of hydrogen-bond acceptors (Lipinski definition) is 5. The molecule has 1 aromatic carbocycles. The van der Waals surface area contributed by atoms with Crippen molar-refractivity contribution in [2.75, 3.05) is 18.8 Å². The molecule has 1 aromatic rings. The molecule has 4 rings (SSSR count). The van der Waals surface area contributed by atoms with Crippen molar-refractivity contribution in [3.8, 4) is 0 Å². The summed E-state index contributed by atoms with van der Waals surface area (Å²) in [6.07, 6.45) is 9.45. The Balaban J connectivity index is 1.36. The molecule has 2 heterocycles. The maximum atomic E-state index is 12.7. The number of carbonyl (C=O) groups excluding carboxylic acids is 1. The lowest BCUT2D eigenvalue weighted by atomic mass is 9.84. The van der Waals surface area contributed by atoms with E-state index in [9.17, 15) is 13.2 Å². The Labute approximate surface area is 185 Å². The van der Waals surface area contributed by atoms with Crippen LogP contribution in [-0.4, -0.2) is 55.8 Å². The number of rotatable bonds is 5. The van der Waals surface area contributed by atoms with Crippen molar-refractivity contribution in [3.63, 3.8) is 0 Å². The standard InChI is InChI=1S/C23H33N3O4S/c27-23(30-17-18-7-2-1-3-8-18)25-22-11-5-4-9-19(22)12-13-21-15-24-20-10-6-14-31(28,29)26(21)16-20/h1-3,7-8,12-13,19-22,24H,4-6,9-11,14-17H2,(H,25,27). The zero-order valence-corrected chi connectivity index (χ0v) is 18.7. The van der Waals surface area contributed by atoms with Gasteiger partial charge in [0, 0.05) is 25.2 Å². The van der Waals surface area contributed by atoms with Crippen molar-refractivity contribution < 1.29 is 17.9 Å². The number of nitrogens with one attached hydrogen (secondary N) is 2. The molecule has 5 atom stereocenters. The third-order valence-corrected chi connectivity index (χ3v) is 8.55. The quantitative estimate of drug-likeness (QED) is 0.678. The lowest BCUT2D eigenvalue weighted by Gasteiger charge is -2.36. The second-order valence-electron chi connectivity index (χ2n) is 8.85. The normalized spacial score (nSPS) is 32.8. The smallest absolute Gasteiger partial charge is 0.407 e. The molecule has 0 radical (unpaired) electrons. The first-order chi connectivity index (χ1) is 15.0. The van der Waals surface area contributed by atoms with Crippen LogP contribution in [0.3, 0.4) is 0 Å². The van der Waals surface area contributed by atoms with E-state index in [2.05, 4.69) is 16.7 Å². The van der Waals surface area contributed by atoms with Crippen LogP contribution < -0.4 is 10.6 Å². The van der Waals surface area contributed by atoms with Gasteiger partial charge < -0.3 is 15.4 Å². The van der Waals surface area contributed by atoms with Crippen molar-refractivity contribution >= 4 is 16.1 Å². The molecule has 2 bridgehead atoms. The van der Waals surface area contributed by atoms with E-state index in [0.29, 0.717) is 19.5 Å². The van der Waals surface area contributed by atoms with E-state index in [4.69, 9.17) is 4.74 Å². The first-order valence-corrected chi connectivity index (χ1v) is 13.0. The highest BCUT2D eigenvalue weighted by atomic mass is 32.2. The molecule has 1 aliphatic carbocycles. The minimum atomic E-state index is -3.21. The molecule has 3 aliphatic rings. The second-order valence-corrected chi connectivity index (χ2v) is 10.9.